The van der Waals surface area contributed by atoms with E-state index in [1.165, 1.54) is 6.07 Å². The summed E-state index contributed by atoms with van der Waals surface area (Å²) in [7, 11) is 0. The van der Waals surface area contributed by atoms with E-state index in [1.807, 2.05) is 37.3 Å². The second kappa shape index (κ2) is 9.80. The van der Waals surface area contributed by atoms with Crippen LogP contribution in [0.5, 0.6) is 11.5 Å². The van der Waals surface area contributed by atoms with Crippen molar-refractivity contribution in [1.82, 2.24) is 0 Å². The molecule has 3 nitrogen and oxygen atoms in total. The van der Waals surface area contributed by atoms with Gasteiger partial charge in [-0.25, -0.2) is 4.39 Å². The van der Waals surface area contributed by atoms with Crippen LogP contribution in [0.25, 0.3) is 0 Å². The lowest BCUT2D eigenvalue weighted by Crippen LogP contribution is -2.04. The van der Waals surface area contributed by atoms with Crippen LogP contribution in [0.1, 0.15) is 18.1 Å². The molecule has 0 bridgehead atoms. The Morgan fingerprint density at radius 1 is 0.964 bits per heavy atom. The van der Waals surface area contributed by atoms with Crippen molar-refractivity contribution in [3.05, 3.63) is 87.1 Å². The van der Waals surface area contributed by atoms with Crippen molar-refractivity contribution in [3.8, 4) is 11.5 Å². The van der Waals surface area contributed by atoms with Crippen LogP contribution in [-0.2, 0) is 13.2 Å². The first-order chi connectivity index (χ1) is 13.6. The fraction of sp³-hybridized carbons (Fsp3) is 0.182. The van der Waals surface area contributed by atoms with Crippen molar-refractivity contribution in [2.24, 2.45) is 0 Å². The van der Waals surface area contributed by atoms with Crippen molar-refractivity contribution in [2.45, 2.75) is 20.1 Å². The highest BCUT2D eigenvalue weighted by Crippen LogP contribution is 2.34. The molecule has 0 saturated heterocycles. The highest BCUT2D eigenvalue weighted by molar-refractivity contribution is 9.10. The summed E-state index contributed by atoms with van der Waals surface area (Å²) in [6.07, 6.45) is 0. The van der Waals surface area contributed by atoms with Crippen LogP contribution in [0, 0.1) is 5.82 Å². The minimum absolute atomic E-state index is 0.0968. The topological polar surface area (TPSA) is 30.5 Å². The lowest BCUT2D eigenvalue weighted by molar-refractivity contribution is 0.265. The normalized spacial score (nSPS) is 10.6. The van der Waals surface area contributed by atoms with Gasteiger partial charge in [0.1, 0.15) is 12.4 Å². The highest BCUT2D eigenvalue weighted by atomic mass is 79.9. The van der Waals surface area contributed by atoms with Gasteiger partial charge in [-0.15, -0.1) is 0 Å². The Hall–Kier alpha value is -2.24. The zero-order chi connectivity index (χ0) is 19.9. The molecule has 0 amide bonds. The molecule has 146 valence electrons. The summed E-state index contributed by atoms with van der Waals surface area (Å²) in [6, 6.07) is 18.0. The maximum absolute atomic E-state index is 13.8. The van der Waals surface area contributed by atoms with Gasteiger partial charge in [-0.05, 0) is 48.9 Å². The number of hydrogen-bond acceptors (Lipinski definition) is 3. The first kappa shape index (κ1) is 20.5. The summed E-state index contributed by atoms with van der Waals surface area (Å²) < 4.78 is 26.3. The van der Waals surface area contributed by atoms with Gasteiger partial charge >= 0.3 is 0 Å². The average Bonchev–Trinajstić information content (AvgIpc) is 2.69. The molecule has 0 aromatic heterocycles. The Labute approximate surface area is 177 Å². The molecule has 0 spiro atoms. The number of anilines is 1. The maximum atomic E-state index is 13.8. The Kier molecular flexibility index (Phi) is 7.18. The lowest BCUT2D eigenvalue weighted by atomic mass is 10.2. The summed E-state index contributed by atoms with van der Waals surface area (Å²) in [5.41, 5.74) is 2.34. The molecule has 0 aliphatic heterocycles. The van der Waals surface area contributed by atoms with Crippen molar-refractivity contribution in [2.75, 3.05) is 11.9 Å². The Morgan fingerprint density at radius 2 is 1.68 bits per heavy atom. The summed E-state index contributed by atoms with van der Waals surface area (Å²) >= 11 is 9.87. The first-order valence-electron chi connectivity index (χ1n) is 8.87. The van der Waals surface area contributed by atoms with E-state index >= 15 is 0 Å². The first-order valence-corrected chi connectivity index (χ1v) is 10.0. The highest BCUT2D eigenvalue weighted by Gasteiger charge is 2.12. The van der Waals surface area contributed by atoms with Crippen molar-refractivity contribution in [3.63, 3.8) is 0 Å². The molecule has 0 atom stereocenters. The average molecular weight is 465 g/mol. The van der Waals surface area contributed by atoms with Crippen LogP contribution < -0.4 is 14.8 Å². The molecule has 6 heteroatoms. The largest absolute Gasteiger partial charge is 0.490 e. The quantitative estimate of drug-likeness (QED) is 0.396. The van der Waals surface area contributed by atoms with E-state index in [0.29, 0.717) is 35.2 Å². The van der Waals surface area contributed by atoms with Gasteiger partial charge in [0.15, 0.2) is 11.5 Å². The summed E-state index contributed by atoms with van der Waals surface area (Å²) in [4.78, 5) is 0. The van der Waals surface area contributed by atoms with Crippen LogP contribution in [0.15, 0.2) is 65.1 Å². The maximum Gasteiger partial charge on any atom is 0.163 e. The van der Waals surface area contributed by atoms with Gasteiger partial charge in [0.05, 0.1) is 6.61 Å². The number of halogens is 3. The molecule has 0 fully saturated rings. The van der Waals surface area contributed by atoms with Crippen LogP contribution >= 0.6 is 27.5 Å². The fourth-order valence-corrected chi connectivity index (χ4v) is 3.11. The number of rotatable bonds is 8. The third kappa shape index (κ3) is 5.40. The Bertz CT molecular complexity index is 934. The zero-order valence-corrected chi connectivity index (χ0v) is 17.7. The fourth-order valence-electron chi connectivity index (χ4n) is 2.63. The van der Waals surface area contributed by atoms with E-state index in [9.17, 15) is 4.39 Å². The van der Waals surface area contributed by atoms with Gasteiger partial charge in [0.2, 0.25) is 0 Å². The molecule has 0 aliphatic rings. The van der Waals surface area contributed by atoms with E-state index in [1.54, 1.807) is 24.3 Å². The number of benzene rings is 3. The number of hydrogen-bond donors (Lipinski definition) is 1. The van der Waals surface area contributed by atoms with Crippen LogP contribution in [0.2, 0.25) is 5.02 Å². The third-order valence-electron chi connectivity index (χ3n) is 4.08. The molecule has 3 aromatic carbocycles. The van der Waals surface area contributed by atoms with E-state index in [0.717, 1.165) is 15.7 Å². The van der Waals surface area contributed by atoms with Gasteiger partial charge in [-0.2, -0.15) is 0 Å². The smallest absolute Gasteiger partial charge is 0.163 e. The second-order valence-corrected chi connectivity index (χ2v) is 7.39. The van der Waals surface area contributed by atoms with Crippen LogP contribution in [0.4, 0.5) is 10.1 Å². The minimum atomic E-state index is -0.304. The Balaban J connectivity index is 1.75. The molecule has 0 aliphatic carbocycles. The molecule has 1 N–H and O–H groups in total. The van der Waals surface area contributed by atoms with Gasteiger partial charge in [-0.1, -0.05) is 45.7 Å². The molecular formula is C22H20BrClFNO2. The molecule has 0 unspecified atom stereocenters. The van der Waals surface area contributed by atoms with E-state index in [4.69, 9.17) is 21.1 Å². The monoisotopic (exact) mass is 463 g/mol. The number of nitrogens with one attached hydrogen (secondary N) is 1. The summed E-state index contributed by atoms with van der Waals surface area (Å²) in [6.45, 7) is 3.01. The predicted molar refractivity (Wildman–Crippen MR) is 115 cm³/mol. The molecule has 3 rings (SSSR count). The third-order valence-corrected chi connectivity index (χ3v) is 4.96. The van der Waals surface area contributed by atoms with Crippen LogP contribution in [0.3, 0.4) is 0 Å². The van der Waals surface area contributed by atoms with E-state index in [-0.39, 0.29) is 12.4 Å². The van der Waals surface area contributed by atoms with Gasteiger partial charge in [-0.3, -0.25) is 0 Å². The van der Waals surface area contributed by atoms with Gasteiger partial charge < -0.3 is 14.8 Å². The molecule has 3 aromatic rings. The molecule has 28 heavy (non-hydrogen) atoms. The standard InChI is InChI=1S/C22H20BrClFNO2/c1-2-27-21-11-16(13-26-18-9-7-17(23)8-10-18)19(24)12-22(21)28-14-15-5-3-4-6-20(15)25/h3-12,26H,2,13-14H2,1H3. The van der Waals surface area contributed by atoms with E-state index < -0.39 is 0 Å². The molecular weight excluding hydrogens is 445 g/mol. The zero-order valence-electron chi connectivity index (χ0n) is 15.3. The predicted octanol–water partition coefficient (Wildman–Crippen LogP) is 6.83. The molecule has 0 radical (unpaired) electrons. The van der Waals surface area contributed by atoms with Crippen molar-refractivity contribution >= 4 is 33.2 Å². The second-order valence-electron chi connectivity index (χ2n) is 6.06. The molecule has 0 saturated carbocycles. The van der Waals surface area contributed by atoms with Gasteiger partial charge in [0, 0.05) is 33.4 Å². The summed E-state index contributed by atoms with van der Waals surface area (Å²) in [5.74, 6) is 0.764. The summed E-state index contributed by atoms with van der Waals surface area (Å²) in [5, 5.41) is 3.88. The van der Waals surface area contributed by atoms with Crippen molar-refractivity contribution in [1.29, 1.82) is 0 Å². The Morgan fingerprint density at radius 3 is 2.39 bits per heavy atom. The van der Waals surface area contributed by atoms with Gasteiger partial charge in [0.25, 0.3) is 0 Å². The number of ether oxygens (including phenoxy) is 2. The minimum Gasteiger partial charge on any atom is -0.490 e. The van der Waals surface area contributed by atoms with Crippen molar-refractivity contribution < 1.29 is 13.9 Å². The SMILES string of the molecule is CCOc1cc(CNc2ccc(Br)cc2)c(Cl)cc1OCc1ccccc1F. The van der Waals surface area contributed by atoms with E-state index in [2.05, 4.69) is 21.2 Å². The van der Waals surface area contributed by atoms with Crippen LogP contribution in [-0.4, -0.2) is 6.61 Å². The lowest BCUT2D eigenvalue weighted by Gasteiger charge is -2.16. The molecule has 0 heterocycles.